The summed E-state index contributed by atoms with van der Waals surface area (Å²) in [6, 6.07) is 0. The molecule has 1 heterocycles. The molecule has 3 nitrogen and oxygen atoms in total. The minimum Gasteiger partial charge on any atom is -0.342 e. The number of hydrogen-bond donors (Lipinski definition) is 0. The van der Waals surface area contributed by atoms with Crippen LogP contribution >= 0.6 is 0 Å². The topological polar surface area (TPSA) is 18.8 Å². The van der Waals surface area contributed by atoms with Gasteiger partial charge < -0.3 is 4.90 Å². The van der Waals surface area contributed by atoms with E-state index >= 15 is 0 Å². The number of hydrogen-bond acceptors (Lipinski definition) is 3. The summed E-state index contributed by atoms with van der Waals surface area (Å²) in [6.07, 6.45) is 7.66. The van der Waals surface area contributed by atoms with Crippen molar-refractivity contribution in [3.8, 4) is 0 Å². The molecular weight excluding hydrogens is 186 g/mol. The third-order valence-corrected chi connectivity index (χ3v) is 2.94. The Balaban J connectivity index is 2.31. The molecule has 0 radical (unpaired) electrons. The summed E-state index contributed by atoms with van der Waals surface area (Å²) in [7, 11) is 2.11. The lowest BCUT2D eigenvalue weighted by Gasteiger charge is -2.31. The average molecular weight is 211 g/mol. The van der Waals surface area contributed by atoms with Crippen molar-refractivity contribution in [1.29, 1.82) is 0 Å². The highest BCUT2D eigenvalue weighted by atomic mass is 15.6. The fraction of sp³-hybridized carbons (Fsp3) is 0.917. The van der Waals surface area contributed by atoms with Crippen molar-refractivity contribution in [1.82, 2.24) is 9.91 Å². The Labute approximate surface area is 94.1 Å². The Bertz CT molecular complexity index is 201. The smallest absolute Gasteiger partial charge is 0.121 e. The number of nitrogens with zero attached hydrogens (tertiary/aromatic N) is 3. The maximum Gasteiger partial charge on any atom is 0.121 e. The maximum atomic E-state index is 4.45. The molecule has 1 aliphatic rings. The molecule has 0 spiro atoms. The van der Waals surface area contributed by atoms with Gasteiger partial charge in [-0.1, -0.05) is 40.0 Å². The molecule has 0 fully saturated rings. The lowest BCUT2D eigenvalue weighted by atomic mass is 10.1. The molecule has 1 unspecified atom stereocenters. The van der Waals surface area contributed by atoms with E-state index in [1.807, 2.05) is 6.34 Å². The normalized spacial score (nSPS) is 20.7. The van der Waals surface area contributed by atoms with Crippen LogP contribution in [-0.2, 0) is 0 Å². The van der Waals surface area contributed by atoms with Gasteiger partial charge in [-0.05, 0) is 12.3 Å². The van der Waals surface area contributed by atoms with E-state index in [0.29, 0.717) is 12.1 Å². The standard InChI is InChI=1S/C12H25N3/c1-5-6-7-8-9-15-12(11(2)3)14(4)10-13-15/h10-12H,5-9H2,1-4H3. The van der Waals surface area contributed by atoms with E-state index in [4.69, 9.17) is 0 Å². The summed E-state index contributed by atoms with van der Waals surface area (Å²) in [5.74, 6) is 0.628. The van der Waals surface area contributed by atoms with Crippen LogP contribution in [-0.4, -0.2) is 36.0 Å². The zero-order valence-electron chi connectivity index (χ0n) is 10.6. The predicted molar refractivity (Wildman–Crippen MR) is 65.7 cm³/mol. The van der Waals surface area contributed by atoms with Gasteiger partial charge in [0.1, 0.15) is 12.5 Å². The third kappa shape index (κ3) is 3.40. The molecule has 15 heavy (non-hydrogen) atoms. The summed E-state index contributed by atoms with van der Waals surface area (Å²) in [4.78, 5) is 2.21. The predicted octanol–water partition coefficient (Wildman–Crippen LogP) is 2.74. The van der Waals surface area contributed by atoms with Crippen molar-refractivity contribution in [3.63, 3.8) is 0 Å². The molecule has 3 heteroatoms. The molecule has 88 valence electrons. The molecule has 0 aromatic rings. The molecule has 0 N–H and O–H groups in total. The number of rotatable bonds is 6. The van der Waals surface area contributed by atoms with Crippen LogP contribution in [0.4, 0.5) is 0 Å². The second-order valence-corrected chi connectivity index (χ2v) is 4.78. The molecule has 0 aromatic carbocycles. The zero-order valence-corrected chi connectivity index (χ0v) is 10.6. The molecule has 0 amide bonds. The van der Waals surface area contributed by atoms with Gasteiger partial charge in [0.15, 0.2) is 0 Å². The van der Waals surface area contributed by atoms with Gasteiger partial charge in [-0.3, -0.25) is 5.01 Å². The first kappa shape index (κ1) is 12.3. The fourth-order valence-corrected chi connectivity index (χ4v) is 2.20. The van der Waals surface area contributed by atoms with E-state index in [1.165, 1.54) is 25.7 Å². The summed E-state index contributed by atoms with van der Waals surface area (Å²) in [6.45, 7) is 7.87. The Morgan fingerprint density at radius 3 is 2.60 bits per heavy atom. The van der Waals surface area contributed by atoms with Crippen molar-refractivity contribution < 1.29 is 0 Å². The van der Waals surface area contributed by atoms with Crippen LogP contribution < -0.4 is 0 Å². The van der Waals surface area contributed by atoms with Gasteiger partial charge in [-0.15, -0.1) is 0 Å². The third-order valence-electron chi connectivity index (χ3n) is 2.94. The van der Waals surface area contributed by atoms with Crippen LogP contribution in [0.1, 0.15) is 46.5 Å². The Morgan fingerprint density at radius 1 is 1.27 bits per heavy atom. The van der Waals surface area contributed by atoms with Crippen molar-refractivity contribution >= 4 is 6.34 Å². The first-order chi connectivity index (χ1) is 7.16. The van der Waals surface area contributed by atoms with Crippen molar-refractivity contribution in [2.24, 2.45) is 11.0 Å². The first-order valence-electron chi connectivity index (χ1n) is 6.19. The van der Waals surface area contributed by atoms with Gasteiger partial charge in [0.2, 0.25) is 0 Å². The van der Waals surface area contributed by atoms with Crippen molar-refractivity contribution in [3.05, 3.63) is 0 Å². The van der Waals surface area contributed by atoms with Crippen LogP contribution in [0.5, 0.6) is 0 Å². The Kier molecular flexibility index (Phi) is 4.92. The van der Waals surface area contributed by atoms with Gasteiger partial charge >= 0.3 is 0 Å². The van der Waals surface area contributed by atoms with Crippen LogP contribution in [0.3, 0.4) is 0 Å². The average Bonchev–Trinajstić information content (AvgIpc) is 2.54. The van der Waals surface area contributed by atoms with Gasteiger partial charge in [-0.2, -0.15) is 5.10 Å². The van der Waals surface area contributed by atoms with E-state index in [2.05, 4.69) is 42.8 Å². The molecule has 0 aliphatic carbocycles. The summed E-state index contributed by atoms with van der Waals surface area (Å²) in [5.41, 5.74) is 0. The lowest BCUT2D eigenvalue weighted by molar-refractivity contribution is 0.101. The minimum absolute atomic E-state index is 0.464. The Morgan fingerprint density at radius 2 is 2.00 bits per heavy atom. The molecular formula is C12H25N3. The van der Waals surface area contributed by atoms with Crippen LogP contribution in [0, 0.1) is 5.92 Å². The van der Waals surface area contributed by atoms with Crippen LogP contribution in [0.15, 0.2) is 5.10 Å². The molecule has 0 saturated heterocycles. The molecule has 0 saturated carbocycles. The van der Waals surface area contributed by atoms with Crippen LogP contribution in [0.25, 0.3) is 0 Å². The van der Waals surface area contributed by atoms with Gasteiger partial charge in [0, 0.05) is 13.6 Å². The highest BCUT2D eigenvalue weighted by Crippen LogP contribution is 2.19. The second kappa shape index (κ2) is 5.99. The van der Waals surface area contributed by atoms with E-state index in [0.717, 1.165) is 6.54 Å². The van der Waals surface area contributed by atoms with Gasteiger partial charge in [0.25, 0.3) is 0 Å². The summed E-state index contributed by atoms with van der Waals surface area (Å²) < 4.78 is 0. The molecule has 0 bridgehead atoms. The van der Waals surface area contributed by atoms with Crippen molar-refractivity contribution in [2.75, 3.05) is 13.6 Å². The van der Waals surface area contributed by atoms with E-state index in [-0.39, 0.29) is 0 Å². The fourth-order valence-electron chi connectivity index (χ4n) is 2.20. The number of unbranched alkanes of at least 4 members (excludes halogenated alkanes) is 3. The monoisotopic (exact) mass is 211 g/mol. The highest BCUT2D eigenvalue weighted by molar-refractivity contribution is 5.56. The number of hydrazone groups is 1. The molecule has 1 rings (SSSR count). The van der Waals surface area contributed by atoms with E-state index < -0.39 is 0 Å². The molecule has 0 aromatic heterocycles. The SMILES string of the molecule is CCCCCCN1N=CN(C)C1C(C)C. The quantitative estimate of drug-likeness (QED) is 0.629. The van der Waals surface area contributed by atoms with Gasteiger partial charge in [-0.25, -0.2) is 0 Å². The molecule has 1 aliphatic heterocycles. The maximum absolute atomic E-state index is 4.45. The minimum atomic E-state index is 0.464. The first-order valence-corrected chi connectivity index (χ1v) is 6.19. The van der Waals surface area contributed by atoms with E-state index in [1.54, 1.807) is 0 Å². The summed E-state index contributed by atoms with van der Waals surface area (Å²) in [5, 5.41) is 6.69. The van der Waals surface area contributed by atoms with Crippen LogP contribution in [0.2, 0.25) is 0 Å². The zero-order chi connectivity index (χ0) is 11.3. The Hall–Kier alpha value is -0.730. The molecule has 1 atom stereocenters. The van der Waals surface area contributed by atoms with Crippen molar-refractivity contribution in [2.45, 2.75) is 52.6 Å². The lowest BCUT2D eigenvalue weighted by Crippen LogP contribution is -2.41. The highest BCUT2D eigenvalue weighted by Gasteiger charge is 2.27. The van der Waals surface area contributed by atoms with Gasteiger partial charge in [0.05, 0.1) is 0 Å². The summed E-state index contributed by atoms with van der Waals surface area (Å²) >= 11 is 0. The second-order valence-electron chi connectivity index (χ2n) is 4.78. The van der Waals surface area contributed by atoms with E-state index in [9.17, 15) is 0 Å². The largest absolute Gasteiger partial charge is 0.342 e.